The minimum absolute atomic E-state index is 0.228. The lowest BCUT2D eigenvalue weighted by molar-refractivity contribution is -0.124. The number of hydrogen-bond donors (Lipinski definition) is 2. The summed E-state index contributed by atoms with van der Waals surface area (Å²) in [5.74, 6) is -0.356. The van der Waals surface area contributed by atoms with Gasteiger partial charge >= 0.3 is 0 Å². The maximum atomic E-state index is 11.8. The Morgan fingerprint density at radius 1 is 1.37 bits per heavy atom. The van der Waals surface area contributed by atoms with Crippen LogP contribution in [0.4, 0.5) is 5.69 Å². The molecule has 1 aromatic carbocycles. The highest BCUT2D eigenvalue weighted by molar-refractivity contribution is 5.85. The maximum absolute atomic E-state index is 11.8. The number of primary amides is 1. The smallest absolute Gasteiger partial charge is 0.242 e. The minimum Gasteiger partial charge on any atom is -0.378 e. The average Bonchev–Trinajstić information content (AvgIpc) is 2.38. The fraction of sp³-hybridized carbons (Fsp3) is 0.533. The van der Waals surface area contributed by atoms with Crippen molar-refractivity contribution in [2.24, 2.45) is 5.73 Å². The van der Waals surface area contributed by atoms with Gasteiger partial charge in [-0.05, 0) is 38.0 Å². The van der Waals surface area contributed by atoms with E-state index in [9.17, 15) is 4.79 Å². The van der Waals surface area contributed by atoms with E-state index in [2.05, 4.69) is 19.2 Å². The molecule has 0 saturated heterocycles. The molecule has 4 nitrogen and oxygen atoms in total. The number of carbonyl (C=O) groups excluding carboxylic acids is 1. The van der Waals surface area contributed by atoms with Gasteiger partial charge in [-0.25, -0.2) is 0 Å². The van der Waals surface area contributed by atoms with E-state index in [0.29, 0.717) is 0 Å². The van der Waals surface area contributed by atoms with Crippen molar-refractivity contribution in [1.82, 2.24) is 5.32 Å². The van der Waals surface area contributed by atoms with Crippen molar-refractivity contribution in [3.8, 4) is 0 Å². The molecule has 19 heavy (non-hydrogen) atoms. The van der Waals surface area contributed by atoms with Crippen LogP contribution in [0.3, 0.4) is 0 Å². The lowest BCUT2D eigenvalue weighted by Gasteiger charge is -2.31. The summed E-state index contributed by atoms with van der Waals surface area (Å²) in [6.07, 6.45) is 0.943. The molecule has 0 saturated carbocycles. The molecule has 1 amide bonds. The Balaban J connectivity index is 3.08. The quantitative estimate of drug-likeness (QED) is 0.823. The Hall–Kier alpha value is -1.55. The van der Waals surface area contributed by atoms with Gasteiger partial charge in [0.05, 0.1) is 0 Å². The predicted molar refractivity (Wildman–Crippen MR) is 80.2 cm³/mol. The zero-order valence-corrected chi connectivity index (χ0v) is 12.5. The highest BCUT2D eigenvalue weighted by atomic mass is 16.1. The van der Waals surface area contributed by atoms with Crippen molar-refractivity contribution in [3.05, 3.63) is 29.8 Å². The van der Waals surface area contributed by atoms with E-state index in [1.807, 2.05) is 50.2 Å². The SMILES string of the molecule is CCC(C)NC(C)(C(N)=O)c1ccc(N(C)C)cc1. The largest absolute Gasteiger partial charge is 0.378 e. The average molecular weight is 263 g/mol. The molecule has 0 heterocycles. The van der Waals surface area contributed by atoms with Crippen LogP contribution >= 0.6 is 0 Å². The van der Waals surface area contributed by atoms with Gasteiger partial charge in [0.1, 0.15) is 5.54 Å². The van der Waals surface area contributed by atoms with Crippen molar-refractivity contribution in [1.29, 1.82) is 0 Å². The first-order valence-electron chi connectivity index (χ1n) is 6.66. The van der Waals surface area contributed by atoms with Crippen molar-refractivity contribution >= 4 is 11.6 Å². The molecule has 2 atom stereocenters. The molecule has 3 N–H and O–H groups in total. The van der Waals surface area contributed by atoms with Gasteiger partial charge < -0.3 is 10.6 Å². The van der Waals surface area contributed by atoms with E-state index in [0.717, 1.165) is 17.7 Å². The summed E-state index contributed by atoms with van der Waals surface area (Å²) in [6, 6.07) is 8.13. The summed E-state index contributed by atoms with van der Waals surface area (Å²) in [6.45, 7) is 5.97. The number of hydrogen-bond acceptors (Lipinski definition) is 3. The number of benzene rings is 1. The van der Waals surface area contributed by atoms with Crippen molar-refractivity contribution < 1.29 is 4.79 Å². The molecular formula is C15H25N3O. The van der Waals surface area contributed by atoms with Gasteiger partial charge in [0.15, 0.2) is 0 Å². The molecular weight excluding hydrogens is 238 g/mol. The number of amides is 1. The van der Waals surface area contributed by atoms with Crippen molar-refractivity contribution in [2.45, 2.75) is 38.8 Å². The van der Waals surface area contributed by atoms with Crippen LogP contribution < -0.4 is 16.0 Å². The first kappa shape index (κ1) is 15.5. The summed E-state index contributed by atoms with van der Waals surface area (Å²) in [7, 11) is 3.97. The van der Waals surface area contributed by atoms with Crippen molar-refractivity contribution in [3.63, 3.8) is 0 Å². The highest BCUT2D eigenvalue weighted by Crippen LogP contribution is 2.24. The van der Waals surface area contributed by atoms with Crippen molar-refractivity contribution in [2.75, 3.05) is 19.0 Å². The number of nitrogens with one attached hydrogen (secondary N) is 1. The van der Waals surface area contributed by atoms with Crippen LogP contribution in [0.25, 0.3) is 0 Å². The molecule has 0 aliphatic carbocycles. The third kappa shape index (κ3) is 3.47. The summed E-state index contributed by atoms with van der Waals surface area (Å²) >= 11 is 0. The molecule has 0 bridgehead atoms. The van der Waals surface area contributed by atoms with Gasteiger partial charge in [-0.2, -0.15) is 0 Å². The number of nitrogens with two attached hydrogens (primary N) is 1. The Labute approximate surface area is 116 Å². The van der Waals surface area contributed by atoms with E-state index in [1.54, 1.807) is 0 Å². The van der Waals surface area contributed by atoms with E-state index in [4.69, 9.17) is 5.73 Å². The lowest BCUT2D eigenvalue weighted by atomic mass is 9.90. The second-order valence-electron chi connectivity index (χ2n) is 5.38. The Bertz CT molecular complexity index is 428. The minimum atomic E-state index is -0.833. The first-order chi connectivity index (χ1) is 8.81. The topological polar surface area (TPSA) is 58.4 Å². The summed E-state index contributed by atoms with van der Waals surface area (Å²) in [5.41, 5.74) is 6.75. The number of carbonyl (C=O) groups is 1. The molecule has 0 aliphatic heterocycles. The van der Waals surface area contributed by atoms with Gasteiger partial charge in [-0.1, -0.05) is 19.1 Å². The van der Waals surface area contributed by atoms with Crippen LogP contribution in [0.15, 0.2) is 24.3 Å². The van der Waals surface area contributed by atoms with Gasteiger partial charge in [0.25, 0.3) is 0 Å². The molecule has 1 aromatic rings. The second kappa shape index (κ2) is 6.06. The first-order valence-corrected chi connectivity index (χ1v) is 6.66. The van der Waals surface area contributed by atoms with Crippen LogP contribution in [0.2, 0.25) is 0 Å². The van der Waals surface area contributed by atoms with Crippen LogP contribution in [0.1, 0.15) is 32.8 Å². The molecule has 106 valence electrons. The van der Waals surface area contributed by atoms with Gasteiger partial charge in [-0.15, -0.1) is 0 Å². The van der Waals surface area contributed by atoms with Crippen LogP contribution in [0, 0.1) is 0 Å². The standard InChI is InChI=1S/C15H25N3O/c1-6-11(2)17-15(3,14(16)19)12-7-9-13(10-8-12)18(4)5/h7-11,17H,6H2,1-5H3,(H2,16,19). The van der Waals surface area contributed by atoms with Gasteiger partial charge in [-0.3, -0.25) is 10.1 Å². The molecule has 0 radical (unpaired) electrons. The van der Waals surface area contributed by atoms with Gasteiger partial charge in [0, 0.05) is 25.8 Å². The third-order valence-electron chi connectivity index (χ3n) is 3.60. The molecule has 0 spiro atoms. The fourth-order valence-electron chi connectivity index (χ4n) is 1.98. The molecule has 0 aliphatic rings. The summed E-state index contributed by atoms with van der Waals surface area (Å²) in [4.78, 5) is 13.9. The van der Waals surface area contributed by atoms with Crippen LogP contribution in [-0.4, -0.2) is 26.0 Å². The molecule has 0 fully saturated rings. The Morgan fingerprint density at radius 2 is 1.89 bits per heavy atom. The predicted octanol–water partition coefficient (Wildman–Crippen LogP) is 1.84. The maximum Gasteiger partial charge on any atom is 0.242 e. The van der Waals surface area contributed by atoms with Crippen LogP contribution in [-0.2, 0) is 10.3 Å². The Kier molecular flexibility index (Phi) is 4.95. The second-order valence-corrected chi connectivity index (χ2v) is 5.38. The van der Waals surface area contributed by atoms with E-state index < -0.39 is 5.54 Å². The fourth-order valence-corrected chi connectivity index (χ4v) is 1.98. The number of anilines is 1. The normalized spacial score (nSPS) is 15.6. The zero-order chi connectivity index (χ0) is 14.6. The highest BCUT2D eigenvalue weighted by Gasteiger charge is 2.33. The lowest BCUT2D eigenvalue weighted by Crippen LogP contribution is -2.53. The number of rotatable bonds is 6. The summed E-state index contributed by atoms with van der Waals surface area (Å²) < 4.78 is 0. The van der Waals surface area contributed by atoms with E-state index in [-0.39, 0.29) is 11.9 Å². The molecule has 0 aromatic heterocycles. The Morgan fingerprint density at radius 3 is 2.26 bits per heavy atom. The summed E-state index contributed by atoms with van der Waals surface area (Å²) in [5, 5.41) is 3.32. The molecule has 4 heteroatoms. The van der Waals surface area contributed by atoms with E-state index in [1.165, 1.54) is 0 Å². The molecule has 2 unspecified atom stereocenters. The monoisotopic (exact) mass is 263 g/mol. The third-order valence-corrected chi connectivity index (χ3v) is 3.60. The van der Waals surface area contributed by atoms with E-state index >= 15 is 0 Å². The van der Waals surface area contributed by atoms with Crippen LogP contribution in [0.5, 0.6) is 0 Å². The van der Waals surface area contributed by atoms with Gasteiger partial charge in [0.2, 0.25) is 5.91 Å². The zero-order valence-electron chi connectivity index (χ0n) is 12.5. The molecule has 1 rings (SSSR count). The number of nitrogens with zero attached hydrogens (tertiary/aromatic N) is 1.